The summed E-state index contributed by atoms with van der Waals surface area (Å²) in [7, 11) is 0. The average Bonchev–Trinajstić information content (AvgIpc) is 3.25. The first kappa shape index (κ1) is 15.8. The lowest BCUT2D eigenvalue weighted by molar-refractivity contribution is 0.0926. The summed E-state index contributed by atoms with van der Waals surface area (Å²) in [6.07, 6.45) is 11.0. The number of hydrogen-bond donors (Lipinski definition) is 1. The van der Waals surface area contributed by atoms with Crippen LogP contribution >= 0.6 is 0 Å². The number of amides is 1. The standard InChI is InChI=1S/C19H25N3O/c1-2-3-6-15-7-4-8-18(15)21-19(23)16-9-11-17(12-10-16)22-14-5-13-20-22/h5,9-15,18H,2-4,6-8H2,1H3,(H,21,23). The Balaban J connectivity index is 1.61. The van der Waals surface area contributed by atoms with Crippen molar-refractivity contribution in [3.8, 4) is 5.69 Å². The first-order valence-corrected chi connectivity index (χ1v) is 8.69. The normalized spacial score (nSPS) is 20.6. The van der Waals surface area contributed by atoms with Gasteiger partial charge in [-0.2, -0.15) is 5.10 Å². The van der Waals surface area contributed by atoms with Crippen molar-refractivity contribution in [1.29, 1.82) is 0 Å². The van der Waals surface area contributed by atoms with Gasteiger partial charge in [-0.25, -0.2) is 4.68 Å². The first-order chi connectivity index (χ1) is 11.3. The van der Waals surface area contributed by atoms with Crippen molar-refractivity contribution in [3.63, 3.8) is 0 Å². The van der Waals surface area contributed by atoms with Crippen molar-refractivity contribution in [2.24, 2.45) is 5.92 Å². The summed E-state index contributed by atoms with van der Waals surface area (Å²) in [6, 6.07) is 9.86. The highest BCUT2D eigenvalue weighted by Crippen LogP contribution is 2.30. The van der Waals surface area contributed by atoms with E-state index in [0.29, 0.717) is 12.0 Å². The van der Waals surface area contributed by atoms with E-state index in [0.717, 1.165) is 17.7 Å². The SMILES string of the molecule is CCCCC1CCCC1NC(=O)c1ccc(-n2cccn2)cc1. The zero-order chi connectivity index (χ0) is 16.1. The van der Waals surface area contributed by atoms with Gasteiger partial charge in [0.15, 0.2) is 0 Å². The van der Waals surface area contributed by atoms with E-state index in [9.17, 15) is 4.79 Å². The van der Waals surface area contributed by atoms with E-state index >= 15 is 0 Å². The van der Waals surface area contributed by atoms with Crippen LogP contribution < -0.4 is 5.32 Å². The van der Waals surface area contributed by atoms with E-state index in [1.54, 1.807) is 10.9 Å². The average molecular weight is 311 g/mol. The van der Waals surface area contributed by atoms with Crippen molar-refractivity contribution in [2.75, 3.05) is 0 Å². The molecule has 0 aliphatic heterocycles. The maximum atomic E-state index is 12.5. The summed E-state index contributed by atoms with van der Waals surface area (Å²) in [4.78, 5) is 12.5. The topological polar surface area (TPSA) is 46.9 Å². The molecule has 0 spiro atoms. The van der Waals surface area contributed by atoms with E-state index in [1.165, 1.54) is 32.1 Å². The highest BCUT2D eigenvalue weighted by molar-refractivity contribution is 5.94. The molecule has 23 heavy (non-hydrogen) atoms. The molecule has 122 valence electrons. The Hall–Kier alpha value is -2.10. The zero-order valence-corrected chi connectivity index (χ0v) is 13.7. The molecule has 2 aromatic rings. The van der Waals surface area contributed by atoms with E-state index < -0.39 is 0 Å². The Labute approximate surface area is 137 Å². The molecule has 0 bridgehead atoms. The highest BCUT2D eigenvalue weighted by atomic mass is 16.1. The Morgan fingerprint density at radius 1 is 1.30 bits per heavy atom. The minimum absolute atomic E-state index is 0.0467. The molecule has 1 amide bonds. The maximum Gasteiger partial charge on any atom is 0.251 e. The molecule has 1 heterocycles. The number of hydrogen-bond acceptors (Lipinski definition) is 2. The number of aromatic nitrogens is 2. The van der Waals surface area contributed by atoms with Crippen LogP contribution in [0.5, 0.6) is 0 Å². The van der Waals surface area contributed by atoms with E-state index in [4.69, 9.17) is 0 Å². The van der Waals surface area contributed by atoms with Gasteiger partial charge in [-0.3, -0.25) is 4.79 Å². The van der Waals surface area contributed by atoms with Crippen molar-refractivity contribution < 1.29 is 4.79 Å². The Kier molecular flexibility index (Phi) is 5.11. The van der Waals surface area contributed by atoms with E-state index in [-0.39, 0.29) is 5.91 Å². The van der Waals surface area contributed by atoms with Crippen LogP contribution in [0.25, 0.3) is 5.69 Å². The minimum Gasteiger partial charge on any atom is -0.349 e. The largest absolute Gasteiger partial charge is 0.349 e. The van der Waals surface area contributed by atoms with E-state index in [1.807, 2.05) is 36.5 Å². The van der Waals surface area contributed by atoms with Gasteiger partial charge in [0.1, 0.15) is 0 Å². The second kappa shape index (κ2) is 7.44. The zero-order valence-electron chi connectivity index (χ0n) is 13.7. The molecule has 1 saturated carbocycles. The van der Waals surface area contributed by atoms with Gasteiger partial charge >= 0.3 is 0 Å². The number of unbranched alkanes of at least 4 members (excludes halogenated alkanes) is 1. The van der Waals surface area contributed by atoms with Crippen LogP contribution in [0.15, 0.2) is 42.7 Å². The summed E-state index contributed by atoms with van der Waals surface area (Å²) in [5.41, 5.74) is 1.69. The van der Waals surface area contributed by atoms with Crippen molar-refractivity contribution in [1.82, 2.24) is 15.1 Å². The minimum atomic E-state index is 0.0467. The molecule has 2 atom stereocenters. The predicted molar refractivity (Wildman–Crippen MR) is 91.7 cm³/mol. The number of nitrogens with one attached hydrogen (secondary N) is 1. The third kappa shape index (κ3) is 3.81. The van der Waals surface area contributed by atoms with E-state index in [2.05, 4.69) is 17.3 Å². The molecule has 1 aliphatic carbocycles. The molecule has 1 aliphatic rings. The molecule has 2 unspecified atom stereocenters. The van der Waals surface area contributed by atoms with Crippen LogP contribution in [0.2, 0.25) is 0 Å². The first-order valence-electron chi connectivity index (χ1n) is 8.69. The molecule has 1 aromatic carbocycles. The Morgan fingerprint density at radius 3 is 2.83 bits per heavy atom. The fourth-order valence-electron chi connectivity index (χ4n) is 3.48. The van der Waals surface area contributed by atoms with Gasteiger partial charge in [-0.15, -0.1) is 0 Å². The van der Waals surface area contributed by atoms with Crippen molar-refractivity contribution >= 4 is 5.91 Å². The summed E-state index contributed by atoms with van der Waals surface area (Å²) in [5, 5.41) is 7.45. The van der Waals surface area contributed by atoms with Gasteiger partial charge in [0.2, 0.25) is 0 Å². The van der Waals surface area contributed by atoms with Gasteiger partial charge in [0.25, 0.3) is 5.91 Å². The Bertz CT molecular complexity index is 619. The molecule has 4 nitrogen and oxygen atoms in total. The van der Waals surface area contributed by atoms with Gasteiger partial charge in [-0.05, 0) is 55.5 Å². The fourth-order valence-corrected chi connectivity index (χ4v) is 3.48. The molecule has 1 aromatic heterocycles. The molecule has 3 rings (SSSR count). The van der Waals surface area contributed by atoms with Crippen LogP contribution in [0.1, 0.15) is 55.8 Å². The molecule has 1 fully saturated rings. The summed E-state index contributed by atoms with van der Waals surface area (Å²) in [6.45, 7) is 2.23. The van der Waals surface area contributed by atoms with Crippen molar-refractivity contribution in [2.45, 2.75) is 51.5 Å². The van der Waals surface area contributed by atoms with Gasteiger partial charge in [0, 0.05) is 24.0 Å². The third-order valence-corrected chi connectivity index (χ3v) is 4.80. The monoisotopic (exact) mass is 311 g/mol. The molecule has 0 radical (unpaired) electrons. The number of carbonyl (C=O) groups excluding carboxylic acids is 1. The van der Waals surface area contributed by atoms with Gasteiger partial charge < -0.3 is 5.32 Å². The number of benzene rings is 1. The molecule has 1 N–H and O–H groups in total. The Morgan fingerprint density at radius 2 is 2.13 bits per heavy atom. The van der Waals surface area contributed by atoms with Gasteiger partial charge in [0.05, 0.1) is 5.69 Å². The highest BCUT2D eigenvalue weighted by Gasteiger charge is 2.28. The molecule has 0 saturated heterocycles. The lowest BCUT2D eigenvalue weighted by Gasteiger charge is -2.21. The van der Waals surface area contributed by atoms with Crippen molar-refractivity contribution in [3.05, 3.63) is 48.3 Å². The van der Waals surface area contributed by atoms with Crippen LogP contribution in [-0.2, 0) is 0 Å². The predicted octanol–water partition coefficient (Wildman–Crippen LogP) is 3.96. The van der Waals surface area contributed by atoms with Crippen LogP contribution in [0, 0.1) is 5.92 Å². The lowest BCUT2D eigenvalue weighted by atomic mass is 9.96. The lowest BCUT2D eigenvalue weighted by Crippen LogP contribution is -2.37. The van der Waals surface area contributed by atoms with Crippen LogP contribution in [0.3, 0.4) is 0 Å². The van der Waals surface area contributed by atoms with Crippen LogP contribution in [0.4, 0.5) is 0 Å². The summed E-state index contributed by atoms with van der Waals surface area (Å²) >= 11 is 0. The maximum absolute atomic E-state index is 12.5. The summed E-state index contributed by atoms with van der Waals surface area (Å²) in [5.74, 6) is 0.702. The second-order valence-corrected chi connectivity index (χ2v) is 6.41. The third-order valence-electron chi connectivity index (χ3n) is 4.80. The molecule has 4 heteroatoms. The fraction of sp³-hybridized carbons (Fsp3) is 0.474. The quantitative estimate of drug-likeness (QED) is 0.877. The second-order valence-electron chi connectivity index (χ2n) is 6.41. The van der Waals surface area contributed by atoms with Crippen LogP contribution in [-0.4, -0.2) is 21.7 Å². The number of rotatable bonds is 6. The smallest absolute Gasteiger partial charge is 0.251 e. The molecular formula is C19H25N3O. The summed E-state index contributed by atoms with van der Waals surface area (Å²) < 4.78 is 1.79. The number of nitrogens with zero attached hydrogens (tertiary/aromatic N) is 2. The number of carbonyl (C=O) groups is 1. The van der Waals surface area contributed by atoms with Gasteiger partial charge in [-0.1, -0.05) is 26.2 Å². The molecular weight excluding hydrogens is 286 g/mol.